The highest BCUT2D eigenvalue weighted by atomic mass is 79.9. The van der Waals surface area contributed by atoms with Crippen molar-refractivity contribution >= 4 is 33.6 Å². The van der Waals surface area contributed by atoms with Crippen LogP contribution in [0.2, 0.25) is 5.02 Å². The fourth-order valence-corrected chi connectivity index (χ4v) is 2.24. The molecule has 0 saturated heterocycles. The van der Waals surface area contributed by atoms with Gasteiger partial charge >= 0.3 is 6.09 Å². The van der Waals surface area contributed by atoms with Crippen LogP contribution in [0.3, 0.4) is 0 Å². The molecule has 0 atom stereocenters. The van der Waals surface area contributed by atoms with Gasteiger partial charge in [0.2, 0.25) is 0 Å². The topological polar surface area (TPSA) is 50.4 Å². The lowest BCUT2D eigenvalue weighted by molar-refractivity contribution is 0.0472. The van der Waals surface area contributed by atoms with Crippen LogP contribution in [0.5, 0.6) is 0 Å². The van der Waals surface area contributed by atoms with Crippen LogP contribution >= 0.6 is 27.5 Å². The Balaban J connectivity index is 2.45. The van der Waals surface area contributed by atoms with Crippen LogP contribution in [0.25, 0.3) is 0 Å². The SMILES string of the molecule is CC(C)(CNCc1ccc(Br)c(Cl)c1)NC(=O)OC(C)(C)C. The molecule has 0 saturated carbocycles. The number of amides is 1. The summed E-state index contributed by atoms with van der Waals surface area (Å²) < 4.78 is 6.15. The highest BCUT2D eigenvalue weighted by Crippen LogP contribution is 2.23. The Kier molecular flexibility index (Phi) is 6.71. The van der Waals surface area contributed by atoms with E-state index in [9.17, 15) is 4.79 Å². The molecule has 1 amide bonds. The van der Waals surface area contributed by atoms with E-state index in [1.807, 2.05) is 52.8 Å². The van der Waals surface area contributed by atoms with Gasteiger partial charge in [0.05, 0.1) is 10.6 Å². The first kappa shape index (κ1) is 19.3. The van der Waals surface area contributed by atoms with Gasteiger partial charge in [-0.15, -0.1) is 0 Å². The molecule has 0 heterocycles. The summed E-state index contributed by atoms with van der Waals surface area (Å²) in [5.41, 5.74) is 0.171. The molecule has 0 bridgehead atoms. The molecule has 0 spiro atoms. The van der Waals surface area contributed by atoms with Crippen molar-refractivity contribution in [1.29, 1.82) is 0 Å². The van der Waals surface area contributed by atoms with E-state index in [-0.39, 0.29) is 0 Å². The Morgan fingerprint density at radius 3 is 2.45 bits per heavy atom. The smallest absolute Gasteiger partial charge is 0.408 e. The zero-order chi connectivity index (χ0) is 17.0. The van der Waals surface area contributed by atoms with Crippen molar-refractivity contribution in [3.05, 3.63) is 33.3 Å². The molecule has 4 nitrogen and oxygen atoms in total. The number of carbonyl (C=O) groups excluding carboxylic acids is 1. The van der Waals surface area contributed by atoms with Crippen LogP contribution < -0.4 is 10.6 Å². The van der Waals surface area contributed by atoms with Crippen LogP contribution in [0.4, 0.5) is 4.79 Å². The van der Waals surface area contributed by atoms with E-state index in [0.29, 0.717) is 18.1 Å². The third-order valence-electron chi connectivity index (χ3n) is 2.72. The average Bonchev–Trinajstić information content (AvgIpc) is 2.30. The van der Waals surface area contributed by atoms with Crippen molar-refractivity contribution < 1.29 is 9.53 Å². The maximum Gasteiger partial charge on any atom is 0.408 e. The summed E-state index contributed by atoms with van der Waals surface area (Å²) in [7, 11) is 0. The molecule has 0 unspecified atom stereocenters. The molecule has 0 aliphatic carbocycles. The molecule has 2 N–H and O–H groups in total. The van der Waals surface area contributed by atoms with Crippen molar-refractivity contribution in [3.8, 4) is 0 Å². The Bertz CT molecular complexity index is 527. The number of halogens is 2. The molecule has 22 heavy (non-hydrogen) atoms. The lowest BCUT2D eigenvalue weighted by Gasteiger charge is -2.29. The number of benzene rings is 1. The van der Waals surface area contributed by atoms with Crippen LogP contribution in [-0.2, 0) is 11.3 Å². The number of hydrogen-bond acceptors (Lipinski definition) is 3. The Labute approximate surface area is 146 Å². The van der Waals surface area contributed by atoms with Crippen molar-refractivity contribution in [2.75, 3.05) is 6.54 Å². The molecule has 0 aliphatic rings. The molecular formula is C16H24BrClN2O2. The second kappa shape index (κ2) is 7.66. The van der Waals surface area contributed by atoms with E-state index in [2.05, 4.69) is 26.6 Å². The van der Waals surface area contributed by atoms with Crippen LogP contribution in [0, 0.1) is 0 Å². The number of carbonyl (C=O) groups is 1. The third-order valence-corrected chi connectivity index (χ3v) is 3.95. The number of hydrogen-bond donors (Lipinski definition) is 2. The quantitative estimate of drug-likeness (QED) is 0.777. The van der Waals surface area contributed by atoms with Crippen molar-refractivity contribution in [2.24, 2.45) is 0 Å². The summed E-state index contributed by atoms with van der Waals surface area (Å²) in [5, 5.41) is 6.86. The highest BCUT2D eigenvalue weighted by molar-refractivity contribution is 9.10. The molecule has 1 rings (SSSR count). The van der Waals surface area contributed by atoms with Crippen molar-refractivity contribution in [2.45, 2.75) is 52.3 Å². The van der Waals surface area contributed by atoms with E-state index in [1.165, 1.54) is 0 Å². The van der Waals surface area contributed by atoms with Gasteiger partial charge in [0.25, 0.3) is 0 Å². The number of nitrogens with one attached hydrogen (secondary N) is 2. The lowest BCUT2D eigenvalue weighted by atomic mass is 10.1. The molecule has 124 valence electrons. The van der Waals surface area contributed by atoms with E-state index in [1.54, 1.807) is 0 Å². The summed E-state index contributed by atoms with van der Waals surface area (Å²) in [4.78, 5) is 11.8. The normalized spacial score (nSPS) is 12.1. The molecule has 0 aromatic heterocycles. The molecule has 1 aromatic carbocycles. The average molecular weight is 392 g/mol. The second-order valence-electron chi connectivity index (χ2n) is 6.86. The van der Waals surface area contributed by atoms with Crippen LogP contribution in [-0.4, -0.2) is 23.8 Å². The summed E-state index contributed by atoms with van der Waals surface area (Å²) in [6, 6.07) is 5.83. The molecule has 0 radical (unpaired) electrons. The third kappa shape index (κ3) is 7.47. The standard InChI is InChI=1S/C16H24BrClN2O2/c1-15(2,3)22-14(21)20-16(4,5)10-19-9-11-6-7-12(17)13(18)8-11/h6-8,19H,9-10H2,1-5H3,(H,20,21). The zero-order valence-corrected chi connectivity index (χ0v) is 16.1. The lowest BCUT2D eigenvalue weighted by Crippen LogP contribution is -2.51. The van der Waals surface area contributed by atoms with Gasteiger partial charge < -0.3 is 15.4 Å². The first-order valence-electron chi connectivity index (χ1n) is 7.14. The van der Waals surface area contributed by atoms with Gasteiger partial charge in [-0.25, -0.2) is 4.79 Å². The Morgan fingerprint density at radius 1 is 1.27 bits per heavy atom. The zero-order valence-electron chi connectivity index (χ0n) is 13.7. The molecule has 1 aromatic rings. The maximum absolute atomic E-state index is 11.8. The van der Waals surface area contributed by atoms with Gasteiger partial charge in [0.1, 0.15) is 5.60 Å². The first-order chi connectivity index (χ1) is 9.98. The summed E-state index contributed by atoms with van der Waals surface area (Å²) in [6.45, 7) is 10.7. The minimum Gasteiger partial charge on any atom is -0.444 e. The van der Waals surface area contributed by atoms with E-state index in [0.717, 1.165) is 10.0 Å². The monoisotopic (exact) mass is 390 g/mol. The summed E-state index contributed by atoms with van der Waals surface area (Å²) in [5.74, 6) is 0. The largest absolute Gasteiger partial charge is 0.444 e. The molecule has 6 heteroatoms. The van der Waals surface area contributed by atoms with Gasteiger partial charge in [-0.3, -0.25) is 0 Å². The van der Waals surface area contributed by atoms with E-state index in [4.69, 9.17) is 16.3 Å². The van der Waals surface area contributed by atoms with Crippen LogP contribution in [0.1, 0.15) is 40.2 Å². The predicted molar refractivity (Wildman–Crippen MR) is 94.3 cm³/mol. The number of alkyl carbamates (subject to hydrolysis) is 1. The van der Waals surface area contributed by atoms with E-state index >= 15 is 0 Å². The Hall–Kier alpha value is -0.780. The molecular weight excluding hydrogens is 368 g/mol. The minimum atomic E-state index is -0.498. The van der Waals surface area contributed by atoms with Gasteiger partial charge in [0, 0.05) is 17.6 Å². The summed E-state index contributed by atoms with van der Waals surface area (Å²) >= 11 is 9.43. The number of ether oxygens (including phenoxy) is 1. The summed E-state index contributed by atoms with van der Waals surface area (Å²) in [6.07, 6.45) is -0.411. The van der Waals surface area contributed by atoms with Gasteiger partial charge in [-0.2, -0.15) is 0 Å². The van der Waals surface area contributed by atoms with Gasteiger partial charge in [-0.05, 0) is 68.2 Å². The van der Waals surface area contributed by atoms with Crippen molar-refractivity contribution in [3.63, 3.8) is 0 Å². The van der Waals surface area contributed by atoms with Crippen molar-refractivity contribution in [1.82, 2.24) is 10.6 Å². The fourth-order valence-electron chi connectivity index (χ4n) is 1.79. The first-order valence-corrected chi connectivity index (χ1v) is 8.31. The minimum absolute atomic E-state index is 0.411. The van der Waals surface area contributed by atoms with Crippen LogP contribution in [0.15, 0.2) is 22.7 Å². The van der Waals surface area contributed by atoms with Gasteiger partial charge in [0.15, 0.2) is 0 Å². The second-order valence-corrected chi connectivity index (χ2v) is 8.12. The maximum atomic E-state index is 11.8. The number of rotatable bonds is 5. The highest BCUT2D eigenvalue weighted by Gasteiger charge is 2.24. The van der Waals surface area contributed by atoms with E-state index < -0.39 is 17.2 Å². The Morgan fingerprint density at radius 2 is 1.91 bits per heavy atom. The van der Waals surface area contributed by atoms with Gasteiger partial charge in [-0.1, -0.05) is 17.7 Å². The molecule has 0 aliphatic heterocycles. The fraction of sp³-hybridized carbons (Fsp3) is 0.562. The molecule has 0 fully saturated rings. The predicted octanol–water partition coefficient (Wildman–Crippen LogP) is 4.50.